The second-order valence-corrected chi connectivity index (χ2v) is 5.39. The molecule has 3 nitrogen and oxygen atoms in total. The topological polar surface area (TPSA) is 44.5 Å². The van der Waals surface area contributed by atoms with Crippen LogP contribution in [0.15, 0.2) is 0 Å². The van der Waals surface area contributed by atoms with Gasteiger partial charge in [0.2, 0.25) is 0 Å². The second kappa shape index (κ2) is 7.25. The fraction of sp³-hybridized carbons (Fsp3) is 1.00. The molecule has 3 unspecified atom stereocenters. The summed E-state index contributed by atoms with van der Waals surface area (Å²) in [6.07, 6.45) is 1.12. The van der Waals surface area contributed by atoms with Crippen molar-refractivity contribution in [1.29, 1.82) is 0 Å². The predicted octanol–water partition coefficient (Wildman–Crippen LogP) is 2.58. The zero-order valence-corrected chi connectivity index (χ0v) is 11.7. The summed E-state index contributed by atoms with van der Waals surface area (Å²) in [5.74, 6) is 0.410. The molecular formula is C13H29NO2. The molecule has 0 heterocycles. The normalized spacial score (nSPS) is 18.2. The molecule has 0 saturated carbocycles. The van der Waals surface area contributed by atoms with Crippen molar-refractivity contribution in [1.82, 2.24) is 0 Å². The highest BCUT2D eigenvalue weighted by atomic mass is 16.5. The van der Waals surface area contributed by atoms with Gasteiger partial charge in [0.25, 0.3) is 0 Å². The number of rotatable bonds is 8. The molecule has 2 N–H and O–H groups in total. The van der Waals surface area contributed by atoms with E-state index >= 15 is 0 Å². The van der Waals surface area contributed by atoms with E-state index < -0.39 is 0 Å². The van der Waals surface area contributed by atoms with Gasteiger partial charge in [-0.2, -0.15) is 0 Å². The molecule has 0 aliphatic carbocycles. The Bertz CT molecular complexity index is 181. The maximum atomic E-state index is 5.91. The third-order valence-electron chi connectivity index (χ3n) is 2.78. The summed E-state index contributed by atoms with van der Waals surface area (Å²) in [5, 5.41) is 0. The molecule has 0 rings (SSSR count). The average molecular weight is 231 g/mol. The van der Waals surface area contributed by atoms with E-state index in [2.05, 4.69) is 27.7 Å². The van der Waals surface area contributed by atoms with E-state index in [1.54, 1.807) is 0 Å². The Balaban J connectivity index is 3.93. The van der Waals surface area contributed by atoms with Crippen molar-refractivity contribution in [3.8, 4) is 0 Å². The van der Waals surface area contributed by atoms with E-state index in [0.29, 0.717) is 5.92 Å². The van der Waals surface area contributed by atoms with Crippen LogP contribution in [0.3, 0.4) is 0 Å². The van der Waals surface area contributed by atoms with Gasteiger partial charge in [0.05, 0.1) is 18.3 Å². The molecule has 3 heteroatoms. The molecule has 16 heavy (non-hydrogen) atoms. The molecule has 0 aromatic heterocycles. The maximum Gasteiger partial charge on any atom is 0.0641 e. The van der Waals surface area contributed by atoms with Gasteiger partial charge in [0.1, 0.15) is 0 Å². The van der Waals surface area contributed by atoms with Crippen molar-refractivity contribution < 1.29 is 9.47 Å². The van der Waals surface area contributed by atoms with Gasteiger partial charge in [0, 0.05) is 18.6 Å². The molecule has 0 saturated heterocycles. The van der Waals surface area contributed by atoms with Crippen LogP contribution in [0, 0.1) is 5.92 Å². The monoisotopic (exact) mass is 231 g/mol. The van der Waals surface area contributed by atoms with Crippen LogP contribution in [-0.2, 0) is 9.47 Å². The molecule has 0 bridgehead atoms. The Hall–Kier alpha value is -0.120. The molecule has 98 valence electrons. The van der Waals surface area contributed by atoms with Gasteiger partial charge in [-0.05, 0) is 41.0 Å². The van der Waals surface area contributed by atoms with E-state index in [9.17, 15) is 0 Å². The summed E-state index contributed by atoms with van der Waals surface area (Å²) in [7, 11) is 0. The number of ether oxygens (including phenoxy) is 2. The summed E-state index contributed by atoms with van der Waals surface area (Å²) >= 11 is 0. The van der Waals surface area contributed by atoms with Crippen molar-refractivity contribution in [2.24, 2.45) is 11.7 Å². The van der Waals surface area contributed by atoms with Gasteiger partial charge < -0.3 is 15.2 Å². The lowest BCUT2D eigenvalue weighted by Gasteiger charge is -2.30. The van der Waals surface area contributed by atoms with Crippen molar-refractivity contribution >= 4 is 0 Å². The molecule has 0 aromatic rings. The van der Waals surface area contributed by atoms with Crippen molar-refractivity contribution in [3.63, 3.8) is 0 Å². The van der Waals surface area contributed by atoms with Crippen LogP contribution < -0.4 is 5.73 Å². The van der Waals surface area contributed by atoms with Gasteiger partial charge in [-0.15, -0.1) is 0 Å². The van der Waals surface area contributed by atoms with E-state index in [1.165, 1.54) is 0 Å². The minimum Gasteiger partial charge on any atom is -0.378 e. The van der Waals surface area contributed by atoms with E-state index in [0.717, 1.165) is 19.6 Å². The van der Waals surface area contributed by atoms with Crippen LogP contribution in [0.2, 0.25) is 0 Å². The van der Waals surface area contributed by atoms with Crippen LogP contribution in [-0.4, -0.2) is 31.0 Å². The maximum absolute atomic E-state index is 5.91. The van der Waals surface area contributed by atoms with Gasteiger partial charge in [0.15, 0.2) is 0 Å². The molecule has 0 aromatic carbocycles. The zero-order chi connectivity index (χ0) is 12.8. The quantitative estimate of drug-likeness (QED) is 0.698. The number of hydrogen-bond donors (Lipinski definition) is 1. The first-order valence-electron chi connectivity index (χ1n) is 6.29. The minimum atomic E-state index is -0.144. The highest BCUT2D eigenvalue weighted by Crippen LogP contribution is 2.18. The van der Waals surface area contributed by atoms with Crippen molar-refractivity contribution in [3.05, 3.63) is 0 Å². The summed E-state index contributed by atoms with van der Waals surface area (Å²) in [6, 6.07) is 0.176. The zero-order valence-electron chi connectivity index (χ0n) is 11.7. The average Bonchev–Trinajstić information content (AvgIpc) is 2.12. The first kappa shape index (κ1) is 15.9. The van der Waals surface area contributed by atoms with Gasteiger partial charge in [-0.3, -0.25) is 0 Å². The lowest BCUT2D eigenvalue weighted by atomic mass is 9.99. The molecule has 0 spiro atoms. The number of hydrogen-bond acceptors (Lipinski definition) is 3. The molecule has 0 radical (unpaired) electrons. The Labute approximate surface area is 101 Å². The van der Waals surface area contributed by atoms with E-state index in [-0.39, 0.29) is 17.7 Å². The van der Waals surface area contributed by atoms with E-state index in [4.69, 9.17) is 15.2 Å². The van der Waals surface area contributed by atoms with Gasteiger partial charge in [-0.1, -0.05) is 6.92 Å². The summed E-state index contributed by atoms with van der Waals surface area (Å²) in [4.78, 5) is 0. The van der Waals surface area contributed by atoms with Gasteiger partial charge >= 0.3 is 0 Å². The SMILES string of the molecule is CCOC(C)C(C)COC(C)(C)CC(C)N. The second-order valence-electron chi connectivity index (χ2n) is 5.39. The molecular weight excluding hydrogens is 202 g/mol. The van der Waals surface area contributed by atoms with E-state index in [1.807, 2.05) is 13.8 Å². The first-order valence-corrected chi connectivity index (χ1v) is 6.29. The van der Waals surface area contributed by atoms with Crippen LogP contribution in [0.5, 0.6) is 0 Å². The highest BCUT2D eigenvalue weighted by Gasteiger charge is 2.22. The molecule has 0 amide bonds. The summed E-state index contributed by atoms with van der Waals surface area (Å²) in [5.41, 5.74) is 5.64. The molecule has 0 fully saturated rings. The number of nitrogens with two attached hydrogens (primary N) is 1. The third kappa shape index (κ3) is 7.20. The van der Waals surface area contributed by atoms with Crippen molar-refractivity contribution in [2.75, 3.05) is 13.2 Å². The Morgan fingerprint density at radius 1 is 1.19 bits per heavy atom. The van der Waals surface area contributed by atoms with Crippen LogP contribution in [0.25, 0.3) is 0 Å². The summed E-state index contributed by atoms with van der Waals surface area (Å²) in [6.45, 7) is 13.9. The fourth-order valence-corrected chi connectivity index (χ4v) is 1.75. The largest absolute Gasteiger partial charge is 0.378 e. The Morgan fingerprint density at radius 3 is 2.19 bits per heavy atom. The Kier molecular flexibility index (Phi) is 7.20. The predicted molar refractivity (Wildman–Crippen MR) is 68.5 cm³/mol. The van der Waals surface area contributed by atoms with Crippen LogP contribution in [0.1, 0.15) is 48.0 Å². The smallest absolute Gasteiger partial charge is 0.0641 e. The minimum absolute atomic E-state index is 0.144. The molecule has 0 aliphatic rings. The van der Waals surface area contributed by atoms with Crippen LogP contribution >= 0.6 is 0 Å². The lowest BCUT2D eigenvalue weighted by Crippen LogP contribution is -2.35. The summed E-state index contributed by atoms with van der Waals surface area (Å²) < 4.78 is 11.5. The third-order valence-corrected chi connectivity index (χ3v) is 2.78. The molecule has 0 aliphatic heterocycles. The van der Waals surface area contributed by atoms with Crippen molar-refractivity contribution in [2.45, 2.75) is 65.7 Å². The van der Waals surface area contributed by atoms with Crippen LogP contribution in [0.4, 0.5) is 0 Å². The Morgan fingerprint density at radius 2 is 1.75 bits per heavy atom. The fourth-order valence-electron chi connectivity index (χ4n) is 1.75. The standard InChI is InChI=1S/C13H29NO2/c1-7-15-12(4)10(2)9-16-13(5,6)8-11(3)14/h10-12H,7-9,14H2,1-6H3. The first-order chi connectivity index (χ1) is 7.28. The highest BCUT2D eigenvalue weighted by molar-refractivity contribution is 4.74. The molecule has 3 atom stereocenters. The van der Waals surface area contributed by atoms with Gasteiger partial charge in [-0.25, -0.2) is 0 Å². The lowest BCUT2D eigenvalue weighted by molar-refractivity contribution is -0.0689.